The number of hydrogen-bond acceptors (Lipinski definition) is 2. The van der Waals surface area contributed by atoms with E-state index in [1.54, 1.807) is 0 Å². The molecule has 3 rings (SSSR count). The molecule has 0 atom stereocenters. The molecule has 0 spiro atoms. The van der Waals surface area contributed by atoms with Crippen LogP contribution in [0.4, 0.5) is 0 Å². The van der Waals surface area contributed by atoms with Gasteiger partial charge in [0, 0.05) is 0 Å². The maximum Gasteiger partial charge on any atom is 0.337 e. The molecule has 26 heavy (non-hydrogen) atoms. The second-order valence-electron chi connectivity index (χ2n) is 6.51. The third kappa shape index (κ3) is 4.20. The molecule has 0 unspecified atom stereocenters. The standard InChI is InChI=1S/C24H24O2/c1-18-9-6-7-10-19(18)13-8-14-21-17-22(24(25)26-2)15-16-23(21)20-11-4-3-5-12-20/h3-7,9-12,15-17H,8,13-14H2,1-2H3. The number of benzene rings is 3. The first-order valence-electron chi connectivity index (χ1n) is 9.00. The van der Waals surface area contributed by atoms with Crippen LogP contribution in [0, 0.1) is 6.92 Å². The molecule has 0 aromatic heterocycles. The Morgan fingerprint density at radius 3 is 2.27 bits per heavy atom. The van der Waals surface area contributed by atoms with Gasteiger partial charge in [0.2, 0.25) is 0 Å². The highest BCUT2D eigenvalue weighted by Crippen LogP contribution is 2.26. The zero-order chi connectivity index (χ0) is 18.4. The summed E-state index contributed by atoms with van der Waals surface area (Å²) in [6, 6.07) is 24.7. The fraction of sp³-hybridized carbons (Fsp3) is 0.208. The lowest BCUT2D eigenvalue weighted by Gasteiger charge is -2.12. The normalized spacial score (nSPS) is 10.5. The first-order valence-corrected chi connectivity index (χ1v) is 9.00. The second-order valence-corrected chi connectivity index (χ2v) is 6.51. The maximum absolute atomic E-state index is 11.9. The van der Waals surface area contributed by atoms with Gasteiger partial charge in [-0.05, 0) is 66.1 Å². The molecule has 0 radical (unpaired) electrons. The largest absolute Gasteiger partial charge is 0.465 e. The summed E-state index contributed by atoms with van der Waals surface area (Å²) < 4.78 is 4.89. The minimum atomic E-state index is -0.287. The Morgan fingerprint density at radius 2 is 1.54 bits per heavy atom. The van der Waals surface area contributed by atoms with Crippen LogP contribution < -0.4 is 0 Å². The van der Waals surface area contributed by atoms with Crippen molar-refractivity contribution in [1.82, 2.24) is 0 Å². The van der Waals surface area contributed by atoms with Gasteiger partial charge in [-0.1, -0.05) is 60.7 Å². The van der Waals surface area contributed by atoms with Crippen molar-refractivity contribution < 1.29 is 9.53 Å². The molecule has 0 aliphatic heterocycles. The van der Waals surface area contributed by atoms with E-state index in [4.69, 9.17) is 4.74 Å². The number of hydrogen-bond donors (Lipinski definition) is 0. The van der Waals surface area contributed by atoms with E-state index in [9.17, 15) is 4.79 Å². The van der Waals surface area contributed by atoms with Crippen molar-refractivity contribution in [3.8, 4) is 11.1 Å². The minimum absolute atomic E-state index is 0.287. The first kappa shape index (κ1) is 17.9. The molecule has 0 aliphatic rings. The van der Waals surface area contributed by atoms with Crippen LogP contribution in [0.5, 0.6) is 0 Å². The van der Waals surface area contributed by atoms with Crippen molar-refractivity contribution in [3.05, 3.63) is 95.1 Å². The summed E-state index contributed by atoms with van der Waals surface area (Å²) in [5.41, 5.74) is 6.88. The van der Waals surface area contributed by atoms with Crippen molar-refractivity contribution >= 4 is 5.97 Å². The Morgan fingerprint density at radius 1 is 0.846 bits per heavy atom. The summed E-state index contributed by atoms with van der Waals surface area (Å²) in [6.45, 7) is 2.16. The van der Waals surface area contributed by atoms with Crippen LogP contribution in [-0.4, -0.2) is 13.1 Å². The van der Waals surface area contributed by atoms with Crippen LogP contribution in [-0.2, 0) is 17.6 Å². The summed E-state index contributed by atoms with van der Waals surface area (Å²) in [5.74, 6) is -0.287. The number of methoxy groups -OCH3 is 1. The van der Waals surface area contributed by atoms with Crippen molar-refractivity contribution in [2.24, 2.45) is 0 Å². The van der Waals surface area contributed by atoms with Gasteiger partial charge >= 0.3 is 5.97 Å². The zero-order valence-corrected chi connectivity index (χ0v) is 15.4. The number of carbonyl (C=O) groups is 1. The number of carbonyl (C=O) groups excluding carboxylic acids is 1. The topological polar surface area (TPSA) is 26.3 Å². The Bertz CT molecular complexity index is 882. The van der Waals surface area contributed by atoms with E-state index < -0.39 is 0 Å². The van der Waals surface area contributed by atoms with E-state index in [0.29, 0.717) is 5.56 Å². The molecule has 3 aromatic rings. The number of aryl methyl sites for hydroxylation is 3. The Hall–Kier alpha value is -2.87. The molecule has 132 valence electrons. The third-order valence-corrected chi connectivity index (χ3v) is 4.76. The average molecular weight is 344 g/mol. The van der Waals surface area contributed by atoms with Gasteiger partial charge in [-0.25, -0.2) is 4.79 Å². The van der Waals surface area contributed by atoms with Crippen LogP contribution in [0.2, 0.25) is 0 Å². The van der Waals surface area contributed by atoms with Crippen molar-refractivity contribution in [3.63, 3.8) is 0 Å². The summed E-state index contributed by atoms with van der Waals surface area (Å²) >= 11 is 0. The first-order chi connectivity index (χ1) is 12.7. The molecule has 0 aliphatic carbocycles. The number of esters is 1. The predicted molar refractivity (Wildman–Crippen MR) is 106 cm³/mol. The van der Waals surface area contributed by atoms with Gasteiger partial charge in [0.15, 0.2) is 0 Å². The fourth-order valence-electron chi connectivity index (χ4n) is 3.30. The van der Waals surface area contributed by atoms with E-state index >= 15 is 0 Å². The maximum atomic E-state index is 11.9. The molecular formula is C24H24O2. The van der Waals surface area contributed by atoms with Gasteiger partial charge in [-0.15, -0.1) is 0 Å². The lowest BCUT2D eigenvalue weighted by Crippen LogP contribution is -2.03. The van der Waals surface area contributed by atoms with E-state index in [0.717, 1.165) is 19.3 Å². The van der Waals surface area contributed by atoms with Crippen molar-refractivity contribution in [1.29, 1.82) is 0 Å². The van der Waals surface area contributed by atoms with E-state index in [1.807, 2.05) is 36.4 Å². The van der Waals surface area contributed by atoms with E-state index in [1.165, 1.54) is 34.9 Å². The summed E-state index contributed by atoms with van der Waals surface area (Å²) in [6.07, 6.45) is 2.99. The van der Waals surface area contributed by atoms with Crippen molar-refractivity contribution in [2.45, 2.75) is 26.2 Å². The molecule has 0 saturated heterocycles. The Kier molecular flexibility index (Phi) is 5.85. The highest BCUT2D eigenvalue weighted by atomic mass is 16.5. The highest BCUT2D eigenvalue weighted by Gasteiger charge is 2.11. The second kappa shape index (κ2) is 8.48. The van der Waals surface area contributed by atoms with Crippen LogP contribution in [0.3, 0.4) is 0 Å². The molecule has 2 nitrogen and oxygen atoms in total. The quantitative estimate of drug-likeness (QED) is 0.542. The van der Waals surface area contributed by atoms with E-state index in [-0.39, 0.29) is 5.97 Å². The Balaban J connectivity index is 1.85. The smallest absolute Gasteiger partial charge is 0.337 e. The van der Waals surface area contributed by atoms with Crippen LogP contribution >= 0.6 is 0 Å². The molecule has 0 N–H and O–H groups in total. The fourth-order valence-corrected chi connectivity index (χ4v) is 3.30. The van der Waals surface area contributed by atoms with Gasteiger partial charge in [0.05, 0.1) is 12.7 Å². The van der Waals surface area contributed by atoms with Crippen molar-refractivity contribution in [2.75, 3.05) is 7.11 Å². The van der Waals surface area contributed by atoms with Gasteiger partial charge in [-0.2, -0.15) is 0 Å². The van der Waals surface area contributed by atoms with Gasteiger partial charge in [0.25, 0.3) is 0 Å². The van der Waals surface area contributed by atoms with Gasteiger partial charge in [-0.3, -0.25) is 0 Å². The molecular weight excluding hydrogens is 320 g/mol. The van der Waals surface area contributed by atoms with E-state index in [2.05, 4.69) is 43.3 Å². The highest BCUT2D eigenvalue weighted by molar-refractivity contribution is 5.90. The summed E-state index contributed by atoms with van der Waals surface area (Å²) in [4.78, 5) is 11.9. The molecule has 3 aromatic carbocycles. The predicted octanol–water partition coefficient (Wildman–Crippen LogP) is 5.62. The molecule has 0 heterocycles. The molecule has 0 fully saturated rings. The lowest BCUT2D eigenvalue weighted by molar-refractivity contribution is 0.0600. The molecule has 2 heteroatoms. The lowest BCUT2D eigenvalue weighted by atomic mass is 9.93. The monoisotopic (exact) mass is 344 g/mol. The van der Waals surface area contributed by atoms with Crippen LogP contribution in [0.1, 0.15) is 33.5 Å². The minimum Gasteiger partial charge on any atom is -0.465 e. The molecule has 0 saturated carbocycles. The number of ether oxygens (including phenoxy) is 1. The molecule has 0 amide bonds. The van der Waals surface area contributed by atoms with Crippen LogP contribution in [0.15, 0.2) is 72.8 Å². The summed E-state index contributed by atoms with van der Waals surface area (Å²) in [5, 5.41) is 0. The third-order valence-electron chi connectivity index (χ3n) is 4.76. The summed E-state index contributed by atoms with van der Waals surface area (Å²) in [7, 11) is 1.42. The SMILES string of the molecule is COC(=O)c1ccc(-c2ccccc2)c(CCCc2ccccc2C)c1. The Labute approximate surface area is 155 Å². The average Bonchev–Trinajstić information content (AvgIpc) is 2.69. The van der Waals surface area contributed by atoms with Crippen LogP contribution in [0.25, 0.3) is 11.1 Å². The van der Waals surface area contributed by atoms with Gasteiger partial charge < -0.3 is 4.74 Å². The number of rotatable bonds is 6. The zero-order valence-electron chi connectivity index (χ0n) is 15.4. The van der Waals surface area contributed by atoms with Gasteiger partial charge in [0.1, 0.15) is 0 Å². The molecule has 0 bridgehead atoms.